The first-order chi connectivity index (χ1) is 7.90. The van der Waals surface area contributed by atoms with Gasteiger partial charge in [-0.15, -0.1) is 0 Å². The molecule has 0 spiro atoms. The molecule has 0 amide bonds. The van der Waals surface area contributed by atoms with E-state index in [-0.39, 0.29) is 0 Å². The molecule has 16 heavy (non-hydrogen) atoms. The molecule has 1 aliphatic heterocycles. The zero-order valence-corrected chi connectivity index (χ0v) is 10.1. The van der Waals surface area contributed by atoms with E-state index in [1.165, 1.54) is 37.1 Å². The molecule has 0 bridgehead atoms. The van der Waals surface area contributed by atoms with Gasteiger partial charge in [0.15, 0.2) is 0 Å². The van der Waals surface area contributed by atoms with Crippen molar-refractivity contribution in [2.24, 2.45) is 0 Å². The number of anilines is 1. The second-order valence-corrected chi connectivity index (χ2v) is 4.55. The Bertz CT molecular complexity index is 314. The number of hydrogen-bond acceptors (Lipinski definition) is 2. The maximum absolute atomic E-state index is 3.68. The summed E-state index contributed by atoms with van der Waals surface area (Å²) in [6, 6.07) is 9.24. The number of rotatable bonds is 3. The zero-order chi connectivity index (χ0) is 11.2. The third-order valence-electron chi connectivity index (χ3n) is 3.30. The Morgan fingerprint density at radius 3 is 3.06 bits per heavy atom. The van der Waals surface area contributed by atoms with Crippen molar-refractivity contribution in [3.63, 3.8) is 0 Å². The first-order valence-electron chi connectivity index (χ1n) is 6.45. The molecular formula is C14H22N2. The Morgan fingerprint density at radius 1 is 1.31 bits per heavy atom. The van der Waals surface area contributed by atoms with Gasteiger partial charge in [0.25, 0.3) is 0 Å². The highest BCUT2D eigenvalue weighted by atomic mass is 15.0. The molecule has 1 atom stereocenters. The Kier molecular flexibility index (Phi) is 4.23. The van der Waals surface area contributed by atoms with Crippen LogP contribution in [0.1, 0.15) is 31.7 Å². The Balaban J connectivity index is 2.01. The fraction of sp³-hybridized carbons (Fsp3) is 0.571. The number of aryl methyl sites for hydroxylation is 1. The van der Waals surface area contributed by atoms with Crippen LogP contribution < -0.4 is 10.6 Å². The summed E-state index contributed by atoms with van der Waals surface area (Å²) in [5.41, 5.74) is 2.74. The lowest BCUT2D eigenvalue weighted by Crippen LogP contribution is -2.31. The summed E-state index contributed by atoms with van der Waals surface area (Å²) in [5, 5.41) is 7.17. The molecule has 2 N–H and O–H groups in total. The molecule has 1 heterocycles. The van der Waals surface area contributed by atoms with Crippen LogP contribution in [-0.4, -0.2) is 19.1 Å². The van der Waals surface area contributed by atoms with Crippen molar-refractivity contribution in [2.45, 2.75) is 38.6 Å². The third-order valence-corrected chi connectivity index (χ3v) is 3.30. The van der Waals surface area contributed by atoms with Crippen molar-refractivity contribution in [2.75, 3.05) is 18.4 Å². The smallest absolute Gasteiger partial charge is 0.0386 e. The van der Waals surface area contributed by atoms with Gasteiger partial charge < -0.3 is 10.6 Å². The van der Waals surface area contributed by atoms with E-state index in [4.69, 9.17) is 0 Å². The summed E-state index contributed by atoms with van der Waals surface area (Å²) in [5.74, 6) is 0. The lowest BCUT2D eigenvalue weighted by molar-refractivity contribution is 0.635. The fourth-order valence-electron chi connectivity index (χ4n) is 2.33. The summed E-state index contributed by atoms with van der Waals surface area (Å²) in [6.07, 6.45) is 5.03. The molecule has 1 aliphatic rings. The minimum absolute atomic E-state index is 0.593. The highest BCUT2D eigenvalue weighted by Gasteiger charge is 2.12. The van der Waals surface area contributed by atoms with Gasteiger partial charge in [-0.2, -0.15) is 0 Å². The van der Waals surface area contributed by atoms with E-state index in [1.54, 1.807) is 0 Å². The molecule has 0 radical (unpaired) electrons. The first-order valence-corrected chi connectivity index (χ1v) is 6.45. The molecule has 1 aromatic rings. The monoisotopic (exact) mass is 218 g/mol. The molecule has 1 aromatic carbocycles. The Morgan fingerprint density at radius 2 is 2.19 bits per heavy atom. The third kappa shape index (κ3) is 2.99. The lowest BCUT2D eigenvalue weighted by Gasteiger charge is -2.19. The van der Waals surface area contributed by atoms with Gasteiger partial charge in [-0.1, -0.05) is 31.5 Å². The molecule has 88 valence electrons. The van der Waals surface area contributed by atoms with E-state index >= 15 is 0 Å². The number of para-hydroxylation sites is 1. The molecule has 1 unspecified atom stereocenters. The van der Waals surface area contributed by atoms with E-state index in [2.05, 4.69) is 41.8 Å². The minimum Gasteiger partial charge on any atom is -0.381 e. The van der Waals surface area contributed by atoms with Crippen LogP contribution in [0.25, 0.3) is 0 Å². The maximum atomic E-state index is 3.68. The molecule has 1 saturated heterocycles. The van der Waals surface area contributed by atoms with Crippen LogP contribution in [0.3, 0.4) is 0 Å². The van der Waals surface area contributed by atoms with Crippen LogP contribution in [0.2, 0.25) is 0 Å². The van der Waals surface area contributed by atoms with Crippen molar-refractivity contribution in [3.8, 4) is 0 Å². The SMILES string of the molecule is CCc1ccccc1NC1CCCCNC1. The molecule has 2 nitrogen and oxygen atoms in total. The molecule has 2 heteroatoms. The summed E-state index contributed by atoms with van der Waals surface area (Å²) in [6.45, 7) is 4.48. The molecule has 0 saturated carbocycles. The summed E-state index contributed by atoms with van der Waals surface area (Å²) in [4.78, 5) is 0. The van der Waals surface area contributed by atoms with Crippen LogP contribution in [0, 0.1) is 0 Å². The topological polar surface area (TPSA) is 24.1 Å². The van der Waals surface area contributed by atoms with Gasteiger partial charge in [0, 0.05) is 18.3 Å². The maximum Gasteiger partial charge on any atom is 0.0386 e. The highest BCUT2D eigenvalue weighted by molar-refractivity contribution is 5.51. The highest BCUT2D eigenvalue weighted by Crippen LogP contribution is 2.18. The molecule has 1 fully saturated rings. The predicted octanol–water partition coefficient (Wildman–Crippen LogP) is 2.80. The van der Waals surface area contributed by atoms with Gasteiger partial charge in [-0.25, -0.2) is 0 Å². The van der Waals surface area contributed by atoms with E-state index in [0.717, 1.165) is 13.0 Å². The average Bonchev–Trinajstić information content (AvgIpc) is 2.58. The fourth-order valence-corrected chi connectivity index (χ4v) is 2.33. The van der Waals surface area contributed by atoms with Gasteiger partial charge in [0.1, 0.15) is 0 Å². The Labute approximate surface area is 98.4 Å². The number of hydrogen-bond donors (Lipinski definition) is 2. The van der Waals surface area contributed by atoms with Gasteiger partial charge in [-0.05, 0) is 37.4 Å². The van der Waals surface area contributed by atoms with Crippen LogP contribution in [0.5, 0.6) is 0 Å². The van der Waals surface area contributed by atoms with Crippen molar-refractivity contribution in [1.82, 2.24) is 5.32 Å². The largest absolute Gasteiger partial charge is 0.381 e. The van der Waals surface area contributed by atoms with Crippen LogP contribution in [0.15, 0.2) is 24.3 Å². The van der Waals surface area contributed by atoms with E-state index < -0.39 is 0 Å². The average molecular weight is 218 g/mol. The predicted molar refractivity (Wildman–Crippen MR) is 70.0 cm³/mol. The van der Waals surface area contributed by atoms with Crippen molar-refractivity contribution in [3.05, 3.63) is 29.8 Å². The van der Waals surface area contributed by atoms with E-state index in [0.29, 0.717) is 6.04 Å². The minimum atomic E-state index is 0.593. The summed E-state index contributed by atoms with van der Waals surface area (Å²) < 4.78 is 0. The van der Waals surface area contributed by atoms with Crippen molar-refractivity contribution < 1.29 is 0 Å². The standard InChI is InChI=1S/C14H22N2/c1-2-12-7-3-4-9-14(12)16-13-8-5-6-10-15-11-13/h3-4,7,9,13,15-16H,2,5-6,8,10-11H2,1H3. The Hall–Kier alpha value is -1.02. The molecular weight excluding hydrogens is 196 g/mol. The number of benzene rings is 1. The van der Waals surface area contributed by atoms with Crippen molar-refractivity contribution >= 4 is 5.69 Å². The molecule has 0 aliphatic carbocycles. The summed E-state index contributed by atoms with van der Waals surface area (Å²) in [7, 11) is 0. The van der Waals surface area contributed by atoms with Crippen LogP contribution in [-0.2, 0) is 6.42 Å². The van der Waals surface area contributed by atoms with Crippen LogP contribution >= 0.6 is 0 Å². The van der Waals surface area contributed by atoms with Gasteiger partial charge in [-0.3, -0.25) is 0 Å². The van der Waals surface area contributed by atoms with E-state index in [1.807, 2.05) is 0 Å². The molecule has 0 aromatic heterocycles. The summed E-state index contributed by atoms with van der Waals surface area (Å²) >= 11 is 0. The number of nitrogens with one attached hydrogen (secondary N) is 2. The second kappa shape index (κ2) is 5.90. The van der Waals surface area contributed by atoms with Gasteiger partial charge in [0.2, 0.25) is 0 Å². The van der Waals surface area contributed by atoms with Gasteiger partial charge in [0.05, 0.1) is 0 Å². The van der Waals surface area contributed by atoms with E-state index in [9.17, 15) is 0 Å². The van der Waals surface area contributed by atoms with Crippen LogP contribution in [0.4, 0.5) is 5.69 Å². The van der Waals surface area contributed by atoms with Crippen molar-refractivity contribution in [1.29, 1.82) is 0 Å². The lowest BCUT2D eigenvalue weighted by atomic mass is 10.1. The first kappa shape index (κ1) is 11.5. The zero-order valence-electron chi connectivity index (χ0n) is 10.1. The van der Waals surface area contributed by atoms with Gasteiger partial charge >= 0.3 is 0 Å². The molecule has 2 rings (SSSR count). The normalized spacial score (nSPS) is 21.4. The second-order valence-electron chi connectivity index (χ2n) is 4.55. The quantitative estimate of drug-likeness (QED) is 0.815.